The van der Waals surface area contributed by atoms with E-state index in [0.29, 0.717) is 0 Å². The van der Waals surface area contributed by atoms with Crippen LogP contribution in [0.25, 0.3) is 0 Å². The van der Waals surface area contributed by atoms with E-state index >= 15 is 0 Å². The maximum Gasteiger partial charge on any atom is 0.264 e. The quantitative estimate of drug-likeness (QED) is 0.763. The minimum absolute atomic E-state index is 0.0711. The van der Waals surface area contributed by atoms with Crippen LogP contribution in [0.4, 0.5) is 8.78 Å². The number of aryl methyl sites for hydroxylation is 1. The van der Waals surface area contributed by atoms with Crippen LogP contribution < -0.4 is 0 Å². The normalized spacial score (nSPS) is 41.1. The highest BCUT2D eigenvalue weighted by molar-refractivity contribution is 7.92. The van der Waals surface area contributed by atoms with E-state index in [1.165, 1.54) is 26.0 Å². The molecule has 0 unspecified atom stereocenters. The first-order chi connectivity index (χ1) is 10.9. The Bertz CT molecular complexity index is 841. The molecule has 1 aromatic carbocycles. The van der Waals surface area contributed by atoms with Crippen molar-refractivity contribution in [2.45, 2.75) is 55.5 Å². The van der Waals surface area contributed by atoms with Gasteiger partial charge in [-0.1, -0.05) is 43.7 Å². The Morgan fingerprint density at radius 2 is 1.62 bits per heavy atom. The maximum atomic E-state index is 14.9. The number of rotatable bonds is 2. The van der Waals surface area contributed by atoms with Gasteiger partial charge >= 0.3 is 0 Å². The van der Waals surface area contributed by atoms with Crippen molar-refractivity contribution in [2.75, 3.05) is 0 Å². The summed E-state index contributed by atoms with van der Waals surface area (Å²) in [7, 11) is -3.99. The standard InChI is InChI=1S/C18H20F2O3S/c1-11-5-7-12(8-6-11)24(21,22)14-16(4)10-9-13(23-16)17(14)15(2,3)18(17,19)20/h5-10,13-14H,1-4H3/t13-,14-,16+,17-/m1/s1. The number of alkyl halides is 2. The summed E-state index contributed by atoms with van der Waals surface area (Å²) in [6.45, 7) is 6.32. The monoisotopic (exact) mass is 354 g/mol. The molecule has 2 heterocycles. The molecule has 0 amide bonds. The second kappa shape index (κ2) is 4.10. The molecule has 3 aliphatic rings. The number of halogens is 2. The van der Waals surface area contributed by atoms with Crippen LogP contribution in [0.15, 0.2) is 41.3 Å². The van der Waals surface area contributed by atoms with Gasteiger partial charge in [-0.05, 0) is 26.0 Å². The fourth-order valence-electron chi connectivity index (χ4n) is 4.90. The fraction of sp³-hybridized carbons (Fsp3) is 0.556. The predicted octanol–water partition coefficient (Wildman–Crippen LogP) is 3.53. The molecule has 1 saturated carbocycles. The van der Waals surface area contributed by atoms with E-state index in [-0.39, 0.29) is 4.90 Å². The molecule has 0 N–H and O–H groups in total. The highest BCUT2D eigenvalue weighted by Crippen LogP contribution is 2.84. The van der Waals surface area contributed by atoms with Crippen LogP contribution in [0.5, 0.6) is 0 Å². The lowest BCUT2D eigenvalue weighted by atomic mass is 9.79. The van der Waals surface area contributed by atoms with Gasteiger partial charge in [0.05, 0.1) is 16.4 Å². The van der Waals surface area contributed by atoms with Crippen LogP contribution in [-0.4, -0.2) is 31.3 Å². The second-order valence-corrected chi connectivity index (χ2v) is 9.92. The van der Waals surface area contributed by atoms with Crippen LogP contribution in [-0.2, 0) is 14.6 Å². The summed E-state index contributed by atoms with van der Waals surface area (Å²) in [5.41, 5.74) is -3.47. The molecule has 1 aromatic rings. The molecule has 1 aliphatic carbocycles. The first-order valence-corrected chi connectivity index (χ1v) is 9.53. The molecule has 0 aromatic heterocycles. The van der Waals surface area contributed by atoms with E-state index in [1.807, 2.05) is 6.92 Å². The van der Waals surface area contributed by atoms with Gasteiger partial charge in [0.15, 0.2) is 9.84 Å². The lowest BCUT2D eigenvalue weighted by Crippen LogP contribution is -2.48. The third-order valence-corrected chi connectivity index (χ3v) is 8.69. The molecule has 3 nitrogen and oxygen atoms in total. The van der Waals surface area contributed by atoms with Crippen LogP contribution in [0.1, 0.15) is 26.3 Å². The van der Waals surface area contributed by atoms with Crippen LogP contribution in [0.3, 0.4) is 0 Å². The van der Waals surface area contributed by atoms with E-state index < -0.39 is 43.5 Å². The maximum absolute atomic E-state index is 14.9. The molecule has 0 radical (unpaired) electrons. The number of ether oxygens (including phenoxy) is 1. The zero-order chi connectivity index (χ0) is 17.8. The molecule has 4 rings (SSSR count). The van der Waals surface area contributed by atoms with Crippen molar-refractivity contribution in [1.82, 2.24) is 0 Å². The number of hydrogen-bond donors (Lipinski definition) is 0. The van der Waals surface area contributed by atoms with Gasteiger partial charge in [-0.3, -0.25) is 0 Å². The van der Waals surface area contributed by atoms with Crippen LogP contribution in [0, 0.1) is 17.8 Å². The van der Waals surface area contributed by atoms with Crippen molar-refractivity contribution < 1.29 is 21.9 Å². The van der Waals surface area contributed by atoms with E-state index in [4.69, 9.17) is 4.74 Å². The summed E-state index contributed by atoms with van der Waals surface area (Å²) in [5.74, 6) is -3.10. The SMILES string of the molecule is Cc1ccc(S(=O)(=O)[C@H]2[C@]3([C@H]4C=C[C@]2(C)O4)C(C)(C)C3(F)F)cc1. The summed E-state index contributed by atoms with van der Waals surface area (Å²) in [5, 5.41) is -1.31. The van der Waals surface area contributed by atoms with Gasteiger partial charge in [0.2, 0.25) is 0 Å². The number of fused-ring (bicyclic) bond motifs is 3. The number of hydrogen-bond acceptors (Lipinski definition) is 3. The summed E-state index contributed by atoms with van der Waals surface area (Å²) < 4.78 is 62.2. The summed E-state index contributed by atoms with van der Waals surface area (Å²) in [6.07, 6.45) is 2.35. The lowest BCUT2D eigenvalue weighted by molar-refractivity contribution is 0.0141. The van der Waals surface area contributed by atoms with Crippen molar-refractivity contribution >= 4 is 9.84 Å². The molecule has 1 spiro atoms. The first kappa shape index (κ1) is 16.2. The molecule has 130 valence electrons. The second-order valence-electron chi connectivity index (χ2n) is 7.89. The summed E-state index contributed by atoms with van der Waals surface area (Å²) in [6, 6.07) is 6.35. The Balaban J connectivity index is 1.93. The van der Waals surface area contributed by atoms with Gasteiger partial charge in [-0.2, -0.15) is 0 Å². The molecule has 6 heteroatoms. The van der Waals surface area contributed by atoms with E-state index in [0.717, 1.165) is 5.56 Å². The summed E-state index contributed by atoms with van der Waals surface area (Å²) >= 11 is 0. The average Bonchev–Trinajstić information content (AvgIpc) is 2.84. The smallest absolute Gasteiger partial charge is 0.264 e. The molecule has 2 fully saturated rings. The highest BCUT2D eigenvalue weighted by Gasteiger charge is 2.97. The number of sulfone groups is 1. The zero-order valence-electron chi connectivity index (χ0n) is 14.0. The predicted molar refractivity (Wildman–Crippen MR) is 85.7 cm³/mol. The third kappa shape index (κ3) is 1.44. The van der Waals surface area contributed by atoms with Crippen molar-refractivity contribution in [2.24, 2.45) is 10.8 Å². The minimum Gasteiger partial charge on any atom is -0.362 e. The van der Waals surface area contributed by atoms with E-state index in [1.54, 1.807) is 31.2 Å². The Labute approximate surface area is 140 Å². The van der Waals surface area contributed by atoms with Crippen LogP contribution in [0.2, 0.25) is 0 Å². The summed E-state index contributed by atoms with van der Waals surface area (Å²) in [4.78, 5) is 0.0711. The number of benzene rings is 1. The average molecular weight is 354 g/mol. The molecular formula is C18H20F2O3S. The largest absolute Gasteiger partial charge is 0.362 e. The van der Waals surface area contributed by atoms with Gasteiger partial charge in [-0.15, -0.1) is 0 Å². The van der Waals surface area contributed by atoms with E-state index in [9.17, 15) is 17.2 Å². The van der Waals surface area contributed by atoms with Gasteiger partial charge in [0, 0.05) is 5.41 Å². The van der Waals surface area contributed by atoms with Gasteiger partial charge in [0.1, 0.15) is 10.9 Å². The van der Waals surface area contributed by atoms with Crippen molar-refractivity contribution in [3.8, 4) is 0 Å². The van der Waals surface area contributed by atoms with Crippen molar-refractivity contribution in [1.29, 1.82) is 0 Å². The lowest BCUT2D eigenvalue weighted by Gasteiger charge is -2.32. The van der Waals surface area contributed by atoms with E-state index in [2.05, 4.69) is 0 Å². The fourth-order valence-corrected chi connectivity index (χ4v) is 7.50. The van der Waals surface area contributed by atoms with Crippen molar-refractivity contribution in [3.63, 3.8) is 0 Å². The molecule has 1 saturated heterocycles. The Hall–Kier alpha value is -1.27. The zero-order valence-corrected chi connectivity index (χ0v) is 14.8. The van der Waals surface area contributed by atoms with Gasteiger partial charge in [0.25, 0.3) is 5.92 Å². The van der Waals surface area contributed by atoms with Gasteiger partial charge in [-0.25, -0.2) is 17.2 Å². The van der Waals surface area contributed by atoms with Crippen LogP contribution >= 0.6 is 0 Å². The van der Waals surface area contributed by atoms with Crippen molar-refractivity contribution in [3.05, 3.63) is 42.0 Å². The molecule has 24 heavy (non-hydrogen) atoms. The highest BCUT2D eigenvalue weighted by atomic mass is 32.2. The topological polar surface area (TPSA) is 43.4 Å². The third-order valence-electron chi connectivity index (χ3n) is 6.30. The molecule has 2 aliphatic heterocycles. The first-order valence-electron chi connectivity index (χ1n) is 7.98. The Morgan fingerprint density at radius 1 is 1.08 bits per heavy atom. The molecular weight excluding hydrogens is 334 g/mol. The molecule has 2 bridgehead atoms. The minimum atomic E-state index is -3.99. The Kier molecular flexibility index (Phi) is 2.77. The molecule has 4 atom stereocenters. The Morgan fingerprint density at radius 3 is 2.12 bits per heavy atom. The van der Waals surface area contributed by atoms with Gasteiger partial charge < -0.3 is 4.74 Å².